The lowest BCUT2D eigenvalue weighted by Crippen LogP contribution is -2.37. The zero-order valence-corrected chi connectivity index (χ0v) is 20.9. The first kappa shape index (κ1) is 25.5. The topological polar surface area (TPSA) is 98.1 Å². The minimum Gasteiger partial charge on any atom is -0.405 e. The van der Waals surface area contributed by atoms with Crippen LogP contribution in [-0.4, -0.2) is 36.8 Å². The van der Waals surface area contributed by atoms with Crippen LogP contribution in [-0.2, 0) is 16.2 Å². The Morgan fingerprint density at radius 3 is 2.44 bits per heavy atom. The van der Waals surface area contributed by atoms with Gasteiger partial charge in [-0.15, -0.1) is 18.7 Å². The fourth-order valence-electron chi connectivity index (χ4n) is 5.02. The van der Waals surface area contributed by atoms with Gasteiger partial charge in [0.05, 0.1) is 12.7 Å². The van der Waals surface area contributed by atoms with Crippen molar-refractivity contribution < 1.29 is 36.8 Å². The monoisotopic (exact) mass is 544 g/mol. The Labute approximate surface area is 222 Å². The molecule has 3 aliphatic rings. The van der Waals surface area contributed by atoms with Crippen molar-refractivity contribution in [3.8, 4) is 17.0 Å². The molecule has 1 unspecified atom stereocenters. The molecule has 1 aromatic heterocycles. The lowest BCUT2D eigenvalue weighted by Gasteiger charge is -2.33. The number of benzene rings is 2. The summed E-state index contributed by atoms with van der Waals surface area (Å²) in [5.74, 6) is 0.576. The van der Waals surface area contributed by atoms with Gasteiger partial charge in [-0.2, -0.15) is 0 Å². The van der Waals surface area contributed by atoms with E-state index in [0.717, 1.165) is 50.0 Å². The number of carbonyl (C=O) groups is 1. The largest absolute Gasteiger partial charge is 0.573 e. The summed E-state index contributed by atoms with van der Waals surface area (Å²) in [7, 11) is 0. The molecule has 3 fully saturated rings. The number of alkyl halides is 3. The third-order valence-corrected chi connectivity index (χ3v) is 7.16. The first-order valence-electron chi connectivity index (χ1n) is 12.9. The van der Waals surface area contributed by atoms with Gasteiger partial charge in [0, 0.05) is 35.8 Å². The van der Waals surface area contributed by atoms with Gasteiger partial charge in [-0.25, -0.2) is 4.79 Å². The normalized spacial score (nSPS) is 20.1. The Balaban J connectivity index is 1.10. The average molecular weight is 545 g/mol. The lowest BCUT2D eigenvalue weighted by molar-refractivity contribution is -0.274. The van der Waals surface area contributed by atoms with Gasteiger partial charge in [-0.1, -0.05) is 29.4 Å². The molecule has 2 saturated heterocycles. The maximum atomic E-state index is 13.0. The molecule has 0 radical (unpaired) electrons. The van der Waals surface area contributed by atoms with Crippen LogP contribution in [0.4, 0.5) is 23.7 Å². The molecule has 2 aromatic carbocycles. The van der Waals surface area contributed by atoms with Crippen molar-refractivity contribution in [3.05, 3.63) is 65.4 Å². The summed E-state index contributed by atoms with van der Waals surface area (Å²) in [6.45, 7) is 1.78. The van der Waals surface area contributed by atoms with Gasteiger partial charge in [0.2, 0.25) is 0 Å². The summed E-state index contributed by atoms with van der Waals surface area (Å²) in [5, 5.41) is 6.82. The van der Waals surface area contributed by atoms with Crippen LogP contribution in [0.1, 0.15) is 54.7 Å². The number of rotatable bonds is 8. The number of carbonyl (C=O) groups excluding carboxylic acids is 1. The molecule has 9 nitrogen and oxygen atoms in total. The molecule has 3 aromatic rings. The van der Waals surface area contributed by atoms with Gasteiger partial charge in [0.25, 0.3) is 0 Å². The van der Waals surface area contributed by atoms with E-state index in [1.165, 1.54) is 12.1 Å². The highest BCUT2D eigenvalue weighted by Crippen LogP contribution is 2.45. The van der Waals surface area contributed by atoms with Crippen molar-refractivity contribution >= 4 is 11.8 Å². The van der Waals surface area contributed by atoms with Crippen molar-refractivity contribution in [1.82, 2.24) is 16.0 Å². The number of ether oxygens (including phenoxy) is 2. The van der Waals surface area contributed by atoms with E-state index in [2.05, 4.69) is 25.6 Å². The van der Waals surface area contributed by atoms with Crippen LogP contribution in [0.2, 0.25) is 0 Å². The predicted molar refractivity (Wildman–Crippen MR) is 133 cm³/mol. The van der Waals surface area contributed by atoms with Crippen LogP contribution >= 0.6 is 0 Å². The number of nitrogens with one attached hydrogen (secondary N) is 2. The molecule has 1 aliphatic carbocycles. The second-order valence-electron chi connectivity index (χ2n) is 9.87. The average Bonchev–Trinajstić information content (AvgIpc) is 3.54. The SMILES string of the molecule is O=C1NC(c2ccc(N3CCC(OCc4c(-c5ccccc5OC(F)(F)F)noc4C4CC4)CC3)cc2)NO1. The van der Waals surface area contributed by atoms with Crippen molar-refractivity contribution in [2.45, 2.75) is 56.8 Å². The van der Waals surface area contributed by atoms with Crippen LogP contribution in [0.3, 0.4) is 0 Å². The number of amides is 1. The maximum absolute atomic E-state index is 13.0. The van der Waals surface area contributed by atoms with Gasteiger partial charge in [-0.05, 0) is 55.5 Å². The number of hydrogen-bond donors (Lipinski definition) is 2. The maximum Gasteiger partial charge on any atom is 0.573 e. The first-order valence-corrected chi connectivity index (χ1v) is 12.9. The van der Waals surface area contributed by atoms with Gasteiger partial charge in [0.1, 0.15) is 23.4 Å². The molecule has 3 heterocycles. The molecule has 1 amide bonds. The van der Waals surface area contributed by atoms with Crippen LogP contribution in [0.15, 0.2) is 53.1 Å². The number of hydroxylamine groups is 1. The predicted octanol–water partition coefficient (Wildman–Crippen LogP) is 5.55. The molecule has 2 N–H and O–H groups in total. The van der Waals surface area contributed by atoms with E-state index in [1.54, 1.807) is 12.1 Å². The summed E-state index contributed by atoms with van der Waals surface area (Å²) < 4.78 is 55.2. The Kier molecular flexibility index (Phi) is 6.81. The summed E-state index contributed by atoms with van der Waals surface area (Å²) in [6, 6.07) is 13.9. The fourth-order valence-corrected chi connectivity index (χ4v) is 5.02. The lowest BCUT2D eigenvalue weighted by atomic mass is 10.0. The Hall–Kier alpha value is -3.77. The Bertz CT molecular complexity index is 1320. The zero-order valence-electron chi connectivity index (χ0n) is 20.9. The van der Waals surface area contributed by atoms with Gasteiger partial charge in [-0.3, -0.25) is 5.32 Å². The molecule has 206 valence electrons. The molecule has 39 heavy (non-hydrogen) atoms. The van der Waals surface area contributed by atoms with E-state index in [4.69, 9.17) is 14.1 Å². The number of piperidine rings is 1. The van der Waals surface area contributed by atoms with E-state index >= 15 is 0 Å². The third-order valence-electron chi connectivity index (χ3n) is 7.16. The van der Waals surface area contributed by atoms with Crippen molar-refractivity contribution in [3.63, 3.8) is 0 Å². The van der Waals surface area contributed by atoms with Crippen molar-refractivity contribution in [2.75, 3.05) is 18.0 Å². The summed E-state index contributed by atoms with van der Waals surface area (Å²) in [6.07, 6.45) is -2.21. The molecule has 12 heteroatoms. The molecular weight excluding hydrogens is 517 g/mol. The first-order chi connectivity index (χ1) is 18.8. The number of halogens is 3. The van der Waals surface area contributed by atoms with E-state index < -0.39 is 12.5 Å². The second-order valence-corrected chi connectivity index (χ2v) is 9.87. The van der Waals surface area contributed by atoms with E-state index in [0.29, 0.717) is 17.0 Å². The number of anilines is 1. The minimum atomic E-state index is -4.82. The van der Waals surface area contributed by atoms with Crippen LogP contribution < -0.4 is 20.4 Å². The summed E-state index contributed by atoms with van der Waals surface area (Å²) in [5.41, 5.74) is 5.83. The summed E-state index contributed by atoms with van der Waals surface area (Å²) in [4.78, 5) is 18.2. The van der Waals surface area contributed by atoms with Crippen LogP contribution in [0.25, 0.3) is 11.3 Å². The Morgan fingerprint density at radius 1 is 1.03 bits per heavy atom. The highest BCUT2D eigenvalue weighted by atomic mass is 19.4. The molecule has 0 spiro atoms. The highest BCUT2D eigenvalue weighted by Gasteiger charge is 2.36. The van der Waals surface area contributed by atoms with Crippen LogP contribution in [0, 0.1) is 0 Å². The van der Waals surface area contributed by atoms with Gasteiger partial charge in [0.15, 0.2) is 0 Å². The van der Waals surface area contributed by atoms with E-state index in [9.17, 15) is 18.0 Å². The third kappa shape index (κ3) is 5.81. The zero-order chi connectivity index (χ0) is 27.0. The smallest absolute Gasteiger partial charge is 0.405 e. The highest BCUT2D eigenvalue weighted by molar-refractivity contribution is 5.70. The van der Waals surface area contributed by atoms with Crippen molar-refractivity contribution in [1.29, 1.82) is 0 Å². The number of aromatic nitrogens is 1. The second kappa shape index (κ2) is 10.4. The van der Waals surface area contributed by atoms with E-state index in [1.807, 2.05) is 24.3 Å². The number of nitrogens with zero attached hydrogens (tertiary/aromatic N) is 2. The van der Waals surface area contributed by atoms with Crippen LogP contribution in [0.5, 0.6) is 5.75 Å². The van der Waals surface area contributed by atoms with Gasteiger partial charge >= 0.3 is 12.5 Å². The minimum absolute atomic E-state index is 0.00737. The molecule has 0 bridgehead atoms. The molecule has 2 aliphatic heterocycles. The fraction of sp³-hybridized carbons (Fsp3) is 0.407. The molecule has 1 saturated carbocycles. The molecule has 1 atom stereocenters. The Morgan fingerprint density at radius 2 is 1.77 bits per heavy atom. The number of hydrogen-bond acceptors (Lipinski definition) is 8. The van der Waals surface area contributed by atoms with Crippen molar-refractivity contribution in [2.24, 2.45) is 0 Å². The standard InChI is InChI=1S/C27H27F3N4O5/c28-27(29,30)37-22-4-2-1-3-20(22)23-21(24(38-32-23)16-5-6-16)15-36-19-11-13-34(14-12-19)18-9-7-17(8-10-18)25-31-26(35)39-33-25/h1-4,7-10,16,19,25,33H,5-6,11-15H2,(H,31,35). The molecular formula is C27H27F3N4O5. The quantitative estimate of drug-likeness (QED) is 0.381. The van der Waals surface area contributed by atoms with E-state index in [-0.39, 0.29) is 36.1 Å². The number of para-hydroxylation sites is 1. The van der Waals surface area contributed by atoms with Gasteiger partial charge < -0.3 is 23.7 Å². The molecule has 6 rings (SSSR count). The summed E-state index contributed by atoms with van der Waals surface area (Å²) >= 11 is 0.